The van der Waals surface area contributed by atoms with Crippen LogP contribution in [0.4, 0.5) is 24.5 Å². The van der Waals surface area contributed by atoms with Gasteiger partial charge in [-0.15, -0.1) is 0 Å². The number of anilines is 2. The molecule has 3 aromatic rings. The average molecular weight is 810 g/mol. The molecule has 294 valence electrons. The number of carbonyl (C=O) groups excluding carboxylic acids is 4. The second kappa shape index (κ2) is 16.6. The molecule has 12 nitrogen and oxygen atoms in total. The molecular formula is C39H39ClF3N7O5S. The Morgan fingerprint density at radius 2 is 1.77 bits per heavy atom. The van der Waals surface area contributed by atoms with Crippen LogP contribution in [0.25, 0.3) is 0 Å². The molecule has 0 radical (unpaired) electrons. The number of benzene rings is 2. The minimum atomic E-state index is -4.87. The summed E-state index contributed by atoms with van der Waals surface area (Å²) < 4.78 is 47.0. The number of piperidine rings is 1. The van der Waals surface area contributed by atoms with Crippen LogP contribution < -0.4 is 19.9 Å². The van der Waals surface area contributed by atoms with E-state index in [1.54, 1.807) is 32.0 Å². The Morgan fingerprint density at radius 3 is 2.45 bits per heavy atom. The molecule has 1 atom stereocenters. The summed E-state index contributed by atoms with van der Waals surface area (Å²) in [5, 5.41) is 11.7. The van der Waals surface area contributed by atoms with Gasteiger partial charge in [-0.05, 0) is 74.3 Å². The smallest absolute Gasteiger partial charge is 0.419 e. The largest absolute Gasteiger partial charge is 0.491 e. The molecule has 0 saturated carbocycles. The number of carbonyl (C=O) groups is 4. The third-order valence-electron chi connectivity index (χ3n) is 10.1. The first-order valence-electron chi connectivity index (χ1n) is 18.0. The fraction of sp³-hybridized carbons (Fsp3) is 0.410. The van der Waals surface area contributed by atoms with Crippen LogP contribution in [0.1, 0.15) is 49.1 Å². The number of nitrogens with one attached hydrogen (secondary N) is 1. The normalized spacial score (nSPS) is 19.3. The fourth-order valence-corrected chi connectivity index (χ4v) is 7.91. The zero-order valence-electron chi connectivity index (χ0n) is 30.7. The maximum absolute atomic E-state index is 13.7. The van der Waals surface area contributed by atoms with E-state index in [0.717, 1.165) is 35.3 Å². The lowest BCUT2D eigenvalue weighted by Crippen LogP contribution is -2.48. The highest BCUT2D eigenvalue weighted by molar-refractivity contribution is 7.81. The van der Waals surface area contributed by atoms with E-state index in [4.69, 9.17) is 33.8 Å². The second-order valence-corrected chi connectivity index (χ2v) is 15.3. The molecule has 4 heterocycles. The number of nitriles is 1. The minimum Gasteiger partial charge on any atom is -0.491 e. The van der Waals surface area contributed by atoms with E-state index in [1.165, 1.54) is 11.0 Å². The Labute approximate surface area is 332 Å². The zero-order chi connectivity index (χ0) is 40.4. The lowest BCUT2D eigenvalue weighted by Gasteiger charge is -2.34. The van der Waals surface area contributed by atoms with Crippen molar-refractivity contribution >= 4 is 63.8 Å². The molecule has 0 aliphatic carbocycles. The van der Waals surface area contributed by atoms with Crippen molar-refractivity contribution in [2.75, 3.05) is 55.7 Å². The van der Waals surface area contributed by atoms with E-state index in [9.17, 15) is 32.3 Å². The average Bonchev–Trinajstić information content (AvgIpc) is 3.32. The molecule has 2 aromatic carbocycles. The van der Waals surface area contributed by atoms with Gasteiger partial charge >= 0.3 is 6.18 Å². The molecule has 0 bridgehead atoms. The van der Waals surface area contributed by atoms with Gasteiger partial charge in [0.25, 0.3) is 5.91 Å². The van der Waals surface area contributed by atoms with Gasteiger partial charge in [0.1, 0.15) is 24.0 Å². The first-order chi connectivity index (χ1) is 26.5. The van der Waals surface area contributed by atoms with Crippen LogP contribution in [-0.4, -0.2) is 94.8 Å². The number of aromatic nitrogens is 1. The van der Waals surface area contributed by atoms with Gasteiger partial charge < -0.3 is 9.64 Å². The van der Waals surface area contributed by atoms with Crippen molar-refractivity contribution in [3.8, 4) is 11.8 Å². The van der Waals surface area contributed by atoms with Gasteiger partial charge in [0, 0.05) is 57.2 Å². The first kappa shape index (κ1) is 40.7. The number of rotatable bonds is 12. The van der Waals surface area contributed by atoms with Gasteiger partial charge in [0.15, 0.2) is 16.6 Å². The fourth-order valence-electron chi connectivity index (χ4n) is 7.16. The summed E-state index contributed by atoms with van der Waals surface area (Å²) in [6, 6.07) is 14.7. The van der Waals surface area contributed by atoms with Crippen LogP contribution in [0.5, 0.6) is 5.75 Å². The molecule has 1 aromatic heterocycles. The lowest BCUT2D eigenvalue weighted by atomic mass is 9.90. The number of imide groups is 1. The molecule has 3 amide bonds. The van der Waals surface area contributed by atoms with E-state index in [-0.39, 0.29) is 39.3 Å². The number of ether oxygens (including phenoxy) is 1. The van der Waals surface area contributed by atoms with Crippen molar-refractivity contribution in [3.63, 3.8) is 0 Å². The number of piperazine rings is 1. The third-order valence-corrected chi connectivity index (χ3v) is 10.8. The summed E-state index contributed by atoms with van der Waals surface area (Å²) in [5.74, 6) is -0.813. The molecule has 3 saturated heterocycles. The van der Waals surface area contributed by atoms with Gasteiger partial charge in [-0.1, -0.05) is 35.9 Å². The Balaban J connectivity index is 0.976. The number of ketones is 1. The van der Waals surface area contributed by atoms with Crippen molar-refractivity contribution < 1.29 is 37.1 Å². The molecule has 17 heteroatoms. The third kappa shape index (κ3) is 9.02. The highest BCUT2D eigenvalue weighted by Crippen LogP contribution is 2.40. The summed E-state index contributed by atoms with van der Waals surface area (Å²) in [6.07, 6.45) is -2.18. The van der Waals surface area contributed by atoms with Gasteiger partial charge in [-0.25, -0.2) is 4.98 Å². The minimum absolute atomic E-state index is 0.0820. The van der Waals surface area contributed by atoms with E-state index in [2.05, 4.69) is 20.1 Å². The molecule has 3 fully saturated rings. The summed E-state index contributed by atoms with van der Waals surface area (Å²) in [5.41, 5.74) is -1.31. The van der Waals surface area contributed by atoms with Crippen LogP contribution >= 0.6 is 23.8 Å². The Bertz CT molecular complexity index is 2100. The maximum atomic E-state index is 13.7. The van der Waals surface area contributed by atoms with Gasteiger partial charge in [0.2, 0.25) is 11.8 Å². The van der Waals surface area contributed by atoms with Crippen LogP contribution in [0, 0.1) is 17.2 Å². The number of nitrogens with zero attached hydrogens (tertiary/aromatic N) is 6. The Hall–Kier alpha value is -4.95. The van der Waals surface area contributed by atoms with Crippen LogP contribution in [0.3, 0.4) is 0 Å². The second-order valence-electron chi connectivity index (χ2n) is 14.5. The molecule has 3 aliphatic heterocycles. The molecule has 56 heavy (non-hydrogen) atoms. The maximum Gasteiger partial charge on any atom is 0.419 e. The summed E-state index contributed by atoms with van der Waals surface area (Å²) in [4.78, 5) is 60.6. The summed E-state index contributed by atoms with van der Waals surface area (Å²) in [7, 11) is 0. The van der Waals surface area contributed by atoms with E-state index in [1.807, 2.05) is 24.3 Å². The quantitative estimate of drug-likeness (QED) is 0.197. The number of pyridine rings is 1. The van der Waals surface area contributed by atoms with Crippen LogP contribution in [-0.2, 0) is 38.2 Å². The van der Waals surface area contributed by atoms with Crippen molar-refractivity contribution in [1.82, 2.24) is 20.1 Å². The van der Waals surface area contributed by atoms with Crippen LogP contribution in [0.2, 0.25) is 5.02 Å². The molecule has 0 spiro atoms. The van der Waals surface area contributed by atoms with Gasteiger partial charge in [-0.2, -0.15) is 18.4 Å². The summed E-state index contributed by atoms with van der Waals surface area (Å²) >= 11 is 12.2. The predicted molar refractivity (Wildman–Crippen MR) is 205 cm³/mol. The van der Waals surface area contributed by atoms with Gasteiger partial charge in [-0.3, -0.25) is 39.2 Å². The van der Waals surface area contributed by atoms with Crippen molar-refractivity contribution in [1.29, 1.82) is 5.26 Å². The highest BCUT2D eigenvalue weighted by Gasteiger charge is 2.51. The topological polar surface area (TPSA) is 139 Å². The number of amides is 3. The zero-order valence-corrected chi connectivity index (χ0v) is 32.3. The Morgan fingerprint density at radius 1 is 1.05 bits per heavy atom. The van der Waals surface area contributed by atoms with Crippen molar-refractivity contribution in [2.45, 2.75) is 51.2 Å². The number of alkyl halides is 3. The first-order valence-corrected chi connectivity index (χ1v) is 18.8. The van der Waals surface area contributed by atoms with Gasteiger partial charge in [0.05, 0.1) is 29.0 Å². The number of thiocarbonyl (C=S) groups is 1. The standard InChI is InChI=1S/C39H39ClF3N7O5S/c1-38(2)36(54)49(28-19-30(39(41,42)43)32(21-44)45-22-28)37(56)50(38)27-7-8-33(31(40)20-27)55-15-14-47-10-12-48(13-11-47)23-29(51)18-25-5-3-4-24(16-25)17-26-6-9-34(52)46-35(26)53/h3-5,7-8,16,19-20,22,26H,6,9-15,17-18,23H2,1-2H3,(H,46,52,53). The SMILES string of the molecule is CC1(C)C(=O)N(c2cnc(C#N)c(C(F)(F)F)c2)C(=S)N1c1ccc(OCCN2CCN(CC(=O)Cc3cccc(CC4CCC(=O)NC4=O)c3)CC2)c(Cl)c1. The summed E-state index contributed by atoms with van der Waals surface area (Å²) in [6.45, 7) is 7.39. The molecule has 3 aliphatic rings. The number of hydrogen-bond acceptors (Lipinski definition) is 10. The van der Waals surface area contributed by atoms with Crippen LogP contribution in [0.15, 0.2) is 54.7 Å². The van der Waals surface area contributed by atoms with E-state index in [0.29, 0.717) is 76.0 Å². The van der Waals surface area contributed by atoms with Crippen molar-refractivity contribution in [2.24, 2.45) is 5.92 Å². The lowest BCUT2D eigenvalue weighted by molar-refractivity contribution is -0.138. The molecule has 1 unspecified atom stereocenters. The highest BCUT2D eigenvalue weighted by atomic mass is 35.5. The number of halogens is 4. The number of Topliss-reactive ketones (excluding diaryl/α,β-unsaturated/α-hetero) is 1. The van der Waals surface area contributed by atoms with E-state index < -0.39 is 28.9 Å². The number of hydrogen-bond donors (Lipinski definition) is 1. The molecule has 1 N–H and O–H groups in total. The Kier molecular flexibility index (Phi) is 12.1. The predicted octanol–water partition coefficient (Wildman–Crippen LogP) is 4.95. The van der Waals surface area contributed by atoms with E-state index >= 15 is 0 Å². The molecular weight excluding hydrogens is 771 g/mol. The van der Waals surface area contributed by atoms with Crippen molar-refractivity contribution in [3.05, 3.63) is 82.1 Å². The monoisotopic (exact) mass is 809 g/mol. The molecule has 6 rings (SSSR count).